The van der Waals surface area contributed by atoms with E-state index in [0.29, 0.717) is 25.4 Å². The molecule has 1 rings (SSSR count). The predicted octanol–water partition coefficient (Wildman–Crippen LogP) is 2.10. The maximum atomic E-state index is 12.2. The van der Waals surface area contributed by atoms with Gasteiger partial charge in [-0.05, 0) is 32.6 Å². The molecule has 0 aliphatic carbocycles. The van der Waals surface area contributed by atoms with Gasteiger partial charge in [0.1, 0.15) is 0 Å². The van der Waals surface area contributed by atoms with Crippen LogP contribution in [0.25, 0.3) is 0 Å². The molecule has 102 valence electrons. The molecule has 4 nitrogen and oxygen atoms in total. The monoisotopic (exact) mass is 282 g/mol. The molecule has 1 unspecified atom stereocenters. The van der Waals surface area contributed by atoms with Crippen molar-refractivity contribution in [2.75, 3.05) is 19.0 Å². The quantitative estimate of drug-likeness (QED) is 0.759. The van der Waals surface area contributed by atoms with Crippen molar-refractivity contribution in [2.24, 2.45) is 0 Å². The van der Waals surface area contributed by atoms with Crippen LogP contribution in [0.15, 0.2) is 0 Å². The average molecular weight is 283 g/mol. The van der Waals surface area contributed by atoms with Crippen LogP contribution in [0.4, 0.5) is 0 Å². The van der Waals surface area contributed by atoms with Crippen LogP contribution in [0, 0.1) is 0 Å². The highest BCUT2D eigenvalue weighted by Gasteiger charge is 2.32. The van der Waals surface area contributed by atoms with E-state index in [2.05, 4.69) is 4.72 Å². The summed E-state index contributed by atoms with van der Waals surface area (Å²) < 4.78 is 28.8. The van der Waals surface area contributed by atoms with E-state index in [-0.39, 0.29) is 0 Å². The lowest BCUT2D eigenvalue weighted by molar-refractivity contribution is 0.319. The standard InChI is InChI=1S/C11H23ClN2O2S/c1-3-11(2,7-8-12)13-17(15,16)14-9-5-4-6-10-14/h13H,3-10H2,1-2H3. The van der Waals surface area contributed by atoms with Crippen molar-refractivity contribution in [3.05, 3.63) is 0 Å². The second-order valence-electron chi connectivity index (χ2n) is 4.92. The minimum atomic E-state index is -3.35. The topological polar surface area (TPSA) is 49.4 Å². The third kappa shape index (κ3) is 4.39. The largest absolute Gasteiger partial charge is 0.279 e. The van der Waals surface area contributed by atoms with Gasteiger partial charge in [0.25, 0.3) is 10.2 Å². The van der Waals surface area contributed by atoms with Crippen LogP contribution in [0.3, 0.4) is 0 Å². The maximum Gasteiger partial charge on any atom is 0.279 e. The van der Waals surface area contributed by atoms with Gasteiger partial charge in [-0.2, -0.15) is 17.4 Å². The van der Waals surface area contributed by atoms with Gasteiger partial charge in [0.05, 0.1) is 0 Å². The van der Waals surface area contributed by atoms with Gasteiger partial charge in [0.2, 0.25) is 0 Å². The number of rotatable bonds is 6. The lowest BCUT2D eigenvalue weighted by Gasteiger charge is -2.33. The molecular formula is C11H23ClN2O2S. The number of alkyl halides is 1. The second kappa shape index (κ2) is 6.36. The molecule has 17 heavy (non-hydrogen) atoms. The lowest BCUT2D eigenvalue weighted by Crippen LogP contribution is -2.52. The van der Waals surface area contributed by atoms with Crippen LogP contribution in [-0.2, 0) is 10.2 Å². The Labute approximate surface area is 110 Å². The van der Waals surface area contributed by atoms with Crippen LogP contribution >= 0.6 is 11.6 Å². The normalized spacial score (nSPS) is 22.3. The van der Waals surface area contributed by atoms with E-state index < -0.39 is 15.7 Å². The van der Waals surface area contributed by atoms with Gasteiger partial charge in [-0.3, -0.25) is 0 Å². The van der Waals surface area contributed by atoms with Gasteiger partial charge in [0.15, 0.2) is 0 Å². The molecule has 1 atom stereocenters. The zero-order valence-electron chi connectivity index (χ0n) is 10.7. The second-order valence-corrected chi connectivity index (χ2v) is 6.97. The molecule has 1 aliphatic rings. The summed E-state index contributed by atoms with van der Waals surface area (Å²) in [5, 5.41) is 0. The molecular weight excluding hydrogens is 260 g/mol. The zero-order chi connectivity index (χ0) is 12.9. The molecule has 0 amide bonds. The van der Waals surface area contributed by atoms with Gasteiger partial charge in [-0.15, -0.1) is 11.6 Å². The molecule has 0 bridgehead atoms. The third-order valence-corrected chi connectivity index (χ3v) is 5.44. The van der Waals surface area contributed by atoms with Crippen molar-refractivity contribution < 1.29 is 8.42 Å². The number of halogens is 1. The minimum Gasteiger partial charge on any atom is -0.196 e. The summed E-state index contributed by atoms with van der Waals surface area (Å²) in [5.41, 5.74) is -0.433. The number of nitrogens with zero attached hydrogens (tertiary/aromatic N) is 1. The molecule has 6 heteroatoms. The van der Waals surface area contributed by atoms with Crippen LogP contribution in [0.2, 0.25) is 0 Å². The van der Waals surface area contributed by atoms with Crippen LogP contribution in [0.1, 0.15) is 46.0 Å². The highest BCUT2D eigenvalue weighted by Crippen LogP contribution is 2.19. The molecule has 1 heterocycles. The molecule has 0 aromatic rings. The first-order valence-electron chi connectivity index (χ1n) is 6.28. The van der Waals surface area contributed by atoms with E-state index in [9.17, 15) is 8.42 Å². The Balaban J connectivity index is 2.69. The summed E-state index contributed by atoms with van der Waals surface area (Å²) >= 11 is 5.73. The summed E-state index contributed by atoms with van der Waals surface area (Å²) in [4.78, 5) is 0. The summed E-state index contributed by atoms with van der Waals surface area (Å²) in [5.74, 6) is 0.465. The predicted molar refractivity (Wildman–Crippen MR) is 71.5 cm³/mol. The zero-order valence-corrected chi connectivity index (χ0v) is 12.3. The van der Waals surface area contributed by atoms with Crippen LogP contribution < -0.4 is 4.72 Å². The van der Waals surface area contributed by atoms with E-state index in [1.165, 1.54) is 0 Å². The fourth-order valence-electron chi connectivity index (χ4n) is 1.99. The average Bonchev–Trinajstić information content (AvgIpc) is 2.30. The third-order valence-electron chi connectivity index (χ3n) is 3.46. The Kier molecular flexibility index (Phi) is 5.70. The Hall–Kier alpha value is 0.160. The minimum absolute atomic E-state index is 0.433. The Morgan fingerprint density at radius 3 is 2.35 bits per heavy atom. The molecule has 1 saturated heterocycles. The van der Waals surface area contributed by atoms with Crippen molar-refractivity contribution in [1.29, 1.82) is 0 Å². The van der Waals surface area contributed by atoms with Gasteiger partial charge in [-0.25, -0.2) is 0 Å². The Morgan fingerprint density at radius 2 is 1.88 bits per heavy atom. The lowest BCUT2D eigenvalue weighted by atomic mass is 9.97. The maximum absolute atomic E-state index is 12.2. The summed E-state index contributed by atoms with van der Waals surface area (Å²) in [7, 11) is -3.35. The Morgan fingerprint density at radius 1 is 1.29 bits per heavy atom. The smallest absolute Gasteiger partial charge is 0.196 e. The highest BCUT2D eigenvalue weighted by molar-refractivity contribution is 7.87. The molecule has 0 spiro atoms. The first kappa shape index (κ1) is 15.2. The van der Waals surface area contributed by atoms with Crippen molar-refractivity contribution in [3.63, 3.8) is 0 Å². The van der Waals surface area contributed by atoms with E-state index in [1.807, 2.05) is 13.8 Å². The number of hydrogen-bond acceptors (Lipinski definition) is 2. The van der Waals surface area contributed by atoms with Crippen molar-refractivity contribution in [2.45, 2.75) is 51.5 Å². The SMILES string of the molecule is CCC(C)(CCCl)NS(=O)(=O)N1CCCCC1. The number of hydrogen-bond donors (Lipinski definition) is 1. The summed E-state index contributed by atoms with van der Waals surface area (Å²) in [6.45, 7) is 5.16. The fourth-order valence-corrected chi connectivity index (χ4v) is 4.14. The van der Waals surface area contributed by atoms with Crippen LogP contribution in [-0.4, -0.2) is 37.2 Å². The van der Waals surface area contributed by atoms with Crippen molar-refractivity contribution in [3.8, 4) is 0 Å². The van der Waals surface area contributed by atoms with E-state index in [0.717, 1.165) is 25.7 Å². The van der Waals surface area contributed by atoms with Crippen molar-refractivity contribution >= 4 is 21.8 Å². The molecule has 1 fully saturated rings. The first-order valence-corrected chi connectivity index (χ1v) is 8.26. The van der Waals surface area contributed by atoms with E-state index >= 15 is 0 Å². The fraction of sp³-hybridized carbons (Fsp3) is 1.00. The van der Waals surface area contributed by atoms with Crippen LogP contribution in [0.5, 0.6) is 0 Å². The van der Waals surface area contributed by atoms with Gasteiger partial charge in [0, 0.05) is 24.5 Å². The van der Waals surface area contributed by atoms with E-state index in [1.54, 1.807) is 4.31 Å². The molecule has 0 saturated carbocycles. The number of nitrogens with one attached hydrogen (secondary N) is 1. The molecule has 1 N–H and O–H groups in total. The molecule has 1 aliphatic heterocycles. The summed E-state index contributed by atoms with van der Waals surface area (Å²) in [6, 6.07) is 0. The first-order chi connectivity index (χ1) is 7.93. The highest BCUT2D eigenvalue weighted by atomic mass is 35.5. The number of piperidine rings is 1. The van der Waals surface area contributed by atoms with Gasteiger partial charge in [-0.1, -0.05) is 13.3 Å². The Bertz CT molecular complexity index is 328. The van der Waals surface area contributed by atoms with Gasteiger partial charge < -0.3 is 0 Å². The molecule has 0 radical (unpaired) electrons. The van der Waals surface area contributed by atoms with E-state index in [4.69, 9.17) is 11.6 Å². The summed E-state index contributed by atoms with van der Waals surface area (Å²) in [6.07, 6.45) is 4.43. The molecule has 0 aromatic carbocycles. The molecule has 0 aromatic heterocycles. The van der Waals surface area contributed by atoms with Gasteiger partial charge >= 0.3 is 0 Å². The van der Waals surface area contributed by atoms with Crippen molar-refractivity contribution in [1.82, 2.24) is 9.03 Å².